The third-order valence-corrected chi connectivity index (χ3v) is 15.8. The van der Waals surface area contributed by atoms with Crippen molar-refractivity contribution in [3.05, 3.63) is 24.2 Å². The summed E-state index contributed by atoms with van der Waals surface area (Å²) in [6.07, 6.45) is 37.5. The standard InChI is InChI=1S/C37H71O3P/c1-5-9-13-17-18-19-20-21-22-23-24-28-35-41(32-25-14-10-6-2,33-26-15-11-7-3,34-27-16-12-8-4)40-37(38)36-30-29-31-39-36/h29-31H,5-28,32-35H2,1-4H3. The summed E-state index contributed by atoms with van der Waals surface area (Å²) in [5.41, 5.74) is 0. The first-order chi connectivity index (χ1) is 20.0. The van der Waals surface area contributed by atoms with Crippen molar-refractivity contribution in [2.24, 2.45) is 0 Å². The summed E-state index contributed by atoms with van der Waals surface area (Å²) in [6.45, 7) is 6.43. The number of unbranched alkanes of at least 4 members (excludes halogenated alkanes) is 20. The molecule has 3 nitrogen and oxygen atoms in total. The molecule has 0 radical (unpaired) electrons. The van der Waals surface area contributed by atoms with Gasteiger partial charge in [0.05, 0.1) is 0 Å². The first kappa shape index (κ1) is 38.2. The van der Waals surface area contributed by atoms with Crippen LogP contribution in [0, 0.1) is 0 Å². The molecule has 1 aromatic heterocycles. The molecule has 1 heterocycles. The summed E-state index contributed by atoms with van der Waals surface area (Å²) >= 11 is 0. The van der Waals surface area contributed by atoms with Crippen LogP contribution in [0.2, 0.25) is 0 Å². The number of rotatable bonds is 30. The van der Waals surface area contributed by atoms with Crippen LogP contribution in [0.25, 0.3) is 0 Å². The fourth-order valence-electron chi connectivity index (χ4n) is 6.70. The molecule has 0 aliphatic carbocycles. The van der Waals surface area contributed by atoms with Gasteiger partial charge in [-0.25, -0.2) is 0 Å². The molecule has 1 rings (SSSR count). The Hall–Kier alpha value is -0.820. The van der Waals surface area contributed by atoms with E-state index in [9.17, 15) is 4.79 Å². The minimum atomic E-state index is -2.73. The predicted octanol–water partition coefficient (Wildman–Crippen LogP) is 13.3. The molecule has 0 aliphatic rings. The average molecular weight is 595 g/mol. The Balaban J connectivity index is 2.95. The van der Waals surface area contributed by atoms with Crippen molar-refractivity contribution in [2.75, 3.05) is 24.6 Å². The van der Waals surface area contributed by atoms with Crippen LogP contribution in [0.4, 0.5) is 0 Å². The van der Waals surface area contributed by atoms with Gasteiger partial charge in [0.15, 0.2) is 0 Å². The molecule has 0 saturated heterocycles. The van der Waals surface area contributed by atoms with E-state index in [1.54, 1.807) is 12.3 Å². The molecule has 0 fully saturated rings. The molecule has 0 aliphatic heterocycles. The fraction of sp³-hybridized carbons (Fsp3) is 0.865. The minimum absolute atomic E-state index is 0.187. The van der Waals surface area contributed by atoms with E-state index in [0.29, 0.717) is 5.76 Å². The van der Waals surface area contributed by atoms with Gasteiger partial charge in [-0.15, -0.1) is 0 Å². The summed E-state index contributed by atoms with van der Waals surface area (Å²) in [5, 5.41) is 0. The van der Waals surface area contributed by atoms with Gasteiger partial charge >= 0.3 is 244 Å². The Labute approximate surface area is 256 Å². The van der Waals surface area contributed by atoms with Crippen molar-refractivity contribution in [3.8, 4) is 0 Å². The Morgan fingerprint density at radius 2 is 0.854 bits per heavy atom. The quantitative estimate of drug-likeness (QED) is 0.0657. The molecule has 242 valence electrons. The third-order valence-electron chi connectivity index (χ3n) is 9.37. The van der Waals surface area contributed by atoms with E-state index in [1.165, 1.54) is 154 Å². The summed E-state index contributed by atoms with van der Waals surface area (Å²) in [5.74, 6) is 0.206. The van der Waals surface area contributed by atoms with Gasteiger partial charge in [-0.2, -0.15) is 0 Å². The Morgan fingerprint density at radius 1 is 0.537 bits per heavy atom. The molecular weight excluding hydrogens is 523 g/mol. The van der Waals surface area contributed by atoms with E-state index in [0.717, 1.165) is 24.6 Å². The zero-order valence-electron chi connectivity index (χ0n) is 28.2. The molecule has 0 atom stereocenters. The second-order valence-corrected chi connectivity index (χ2v) is 18.9. The van der Waals surface area contributed by atoms with Crippen molar-refractivity contribution >= 4 is 12.8 Å². The first-order valence-corrected chi connectivity index (χ1v) is 21.2. The van der Waals surface area contributed by atoms with Crippen LogP contribution in [-0.2, 0) is 4.52 Å². The van der Waals surface area contributed by atoms with Crippen LogP contribution in [0.5, 0.6) is 0 Å². The summed E-state index contributed by atoms with van der Waals surface area (Å²) < 4.78 is 12.6. The van der Waals surface area contributed by atoms with E-state index in [-0.39, 0.29) is 5.97 Å². The molecule has 0 amide bonds. The first-order valence-electron chi connectivity index (χ1n) is 18.3. The summed E-state index contributed by atoms with van der Waals surface area (Å²) in [6, 6.07) is 3.61. The van der Waals surface area contributed by atoms with Gasteiger partial charge in [-0.05, 0) is 0 Å². The van der Waals surface area contributed by atoms with E-state index < -0.39 is 6.83 Å². The summed E-state index contributed by atoms with van der Waals surface area (Å²) in [4.78, 5) is 13.6. The van der Waals surface area contributed by atoms with Crippen molar-refractivity contribution < 1.29 is 13.7 Å². The predicted molar refractivity (Wildman–Crippen MR) is 184 cm³/mol. The van der Waals surface area contributed by atoms with Crippen LogP contribution in [-0.4, -0.2) is 30.6 Å². The van der Waals surface area contributed by atoms with Crippen LogP contribution >= 0.6 is 6.83 Å². The maximum atomic E-state index is 13.6. The van der Waals surface area contributed by atoms with Crippen LogP contribution in [0.3, 0.4) is 0 Å². The molecule has 0 saturated carbocycles. The van der Waals surface area contributed by atoms with E-state index >= 15 is 0 Å². The van der Waals surface area contributed by atoms with E-state index in [2.05, 4.69) is 27.7 Å². The van der Waals surface area contributed by atoms with Gasteiger partial charge in [0, 0.05) is 0 Å². The SMILES string of the molecule is CCCCCCCCCCCCCCP(CCCCCC)(CCCCCC)(CCCCCC)OC(=O)c1ccco1. The van der Waals surface area contributed by atoms with Crippen molar-refractivity contribution in [2.45, 2.75) is 182 Å². The van der Waals surface area contributed by atoms with Crippen LogP contribution < -0.4 is 0 Å². The number of carbonyl (C=O) groups excluding carboxylic acids is 1. The van der Waals surface area contributed by atoms with Crippen LogP contribution in [0.1, 0.15) is 192 Å². The third kappa shape index (κ3) is 17.2. The van der Waals surface area contributed by atoms with Gasteiger partial charge in [0.2, 0.25) is 0 Å². The van der Waals surface area contributed by atoms with Crippen molar-refractivity contribution in [1.82, 2.24) is 0 Å². The Bertz CT molecular complexity index is 680. The second-order valence-electron chi connectivity index (χ2n) is 13.2. The number of furan rings is 1. The molecular formula is C37H71O3P. The molecule has 0 unspecified atom stereocenters. The molecule has 0 N–H and O–H groups in total. The molecule has 41 heavy (non-hydrogen) atoms. The van der Waals surface area contributed by atoms with Crippen molar-refractivity contribution in [1.29, 1.82) is 0 Å². The normalized spacial score (nSPS) is 12.8. The zero-order chi connectivity index (χ0) is 29.9. The zero-order valence-corrected chi connectivity index (χ0v) is 29.1. The molecule has 4 heteroatoms. The van der Waals surface area contributed by atoms with Gasteiger partial charge in [0.1, 0.15) is 0 Å². The molecule has 1 aromatic rings. The van der Waals surface area contributed by atoms with Gasteiger partial charge in [-0.1, -0.05) is 13.3 Å². The van der Waals surface area contributed by atoms with Gasteiger partial charge in [0.25, 0.3) is 0 Å². The second kappa shape index (κ2) is 24.6. The average Bonchev–Trinajstić information content (AvgIpc) is 3.53. The maximum absolute atomic E-state index is 13.6. The van der Waals surface area contributed by atoms with E-state index in [1.807, 2.05) is 6.07 Å². The molecule has 0 spiro atoms. The van der Waals surface area contributed by atoms with Gasteiger partial charge < -0.3 is 0 Å². The summed E-state index contributed by atoms with van der Waals surface area (Å²) in [7, 11) is 0. The van der Waals surface area contributed by atoms with Gasteiger partial charge in [-0.3, -0.25) is 0 Å². The topological polar surface area (TPSA) is 39.4 Å². The Kier molecular flexibility index (Phi) is 22.9. The Morgan fingerprint density at radius 3 is 1.17 bits per heavy atom. The van der Waals surface area contributed by atoms with E-state index in [4.69, 9.17) is 8.94 Å². The van der Waals surface area contributed by atoms with Crippen molar-refractivity contribution in [3.63, 3.8) is 0 Å². The molecule has 0 bridgehead atoms. The fourth-order valence-corrected chi connectivity index (χ4v) is 13.1. The number of carbonyl (C=O) groups is 1. The monoisotopic (exact) mass is 595 g/mol. The van der Waals surface area contributed by atoms with Crippen LogP contribution in [0.15, 0.2) is 22.8 Å². The number of hydrogen-bond donors (Lipinski definition) is 0. The molecule has 0 aromatic carbocycles. The number of hydrogen-bond acceptors (Lipinski definition) is 3.